The van der Waals surface area contributed by atoms with Gasteiger partial charge in [0.2, 0.25) is 0 Å². The van der Waals surface area contributed by atoms with Crippen LogP contribution in [0.3, 0.4) is 0 Å². The number of esters is 1. The Morgan fingerprint density at radius 2 is 1.76 bits per heavy atom. The highest BCUT2D eigenvalue weighted by Crippen LogP contribution is 2.32. The topological polar surface area (TPSA) is 99.0 Å². The molecule has 0 spiro atoms. The first-order chi connectivity index (χ1) is 16.3. The molecule has 9 heteroatoms. The number of carbonyl (C=O) groups is 1. The second kappa shape index (κ2) is 9.56. The van der Waals surface area contributed by atoms with Crippen molar-refractivity contribution in [3.8, 4) is 17.0 Å². The zero-order valence-corrected chi connectivity index (χ0v) is 19.9. The van der Waals surface area contributed by atoms with Crippen molar-refractivity contribution in [2.75, 3.05) is 18.5 Å². The van der Waals surface area contributed by atoms with Crippen LogP contribution in [0.5, 0.6) is 5.75 Å². The van der Waals surface area contributed by atoms with E-state index in [-0.39, 0.29) is 23.8 Å². The van der Waals surface area contributed by atoms with E-state index in [4.69, 9.17) is 13.9 Å². The van der Waals surface area contributed by atoms with Crippen molar-refractivity contribution in [1.29, 1.82) is 0 Å². The number of imidazole rings is 1. The highest BCUT2D eigenvalue weighted by Gasteiger charge is 2.20. The van der Waals surface area contributed by atoms with E-state index >= 15 is 0 Å². The lowest BCUT2D eigenvalue weighted by molar-refractivity contribution is -0.140. The smallest absolute Gasteiger partial charge is 0.339 e. The number of benzene rings is 2. The summed E-state index contributed by atoms with van der Waals surface area (Å²) < 4.78 is 37.8. The molecule has 34 heavy (non-hydrogen) atoms. The summed E-state index contributed by atoms with van der Waals surface area (Å²) in [5.41, 5.74) is 3.73. The van der Waals surface area contributed by atoms with Gasteiger partial charge in [0.1, 0.15) is 34.3 Å². The molecule has 4 rings (SSSR count). The average Bonchev–Trinajstić information content (AvgIpc) is 3.18. The number of ether oxygens (including phenoxy) is 1. The van der Waals surface area contributed by atoms with Crippen molar-refractivity contribution in [3.63, 3.8) is 0 Å². The maximum atomic E-state index is 12.7. The largest absolute Gasteiger partial charge is 0.465 e. The fourth-order valence-corrected chi connectivity index (χ4v) is 4.48. The molecular weight excluding hydrogens is 454 g/mol. The van der Waals surface area contributed by atoms with Crippen LogP contribution >= 0.6 is 0 Å². The summed E-state index contributed by atoms with van der Waals surface area (Å²) in [6.45, 7) is 5.81. The van der Waals surface area contributed by atoms with Crippen LogP contribution in [0.15, 0.2) is 71.6 Å². The van der Waals surface area contributed by atoms with Crippen molar-refractivity contribution in [3.05, 3.63) is 78.0 Å². The predicted molar refractivity (Wildman–Crippen MR) is 129 cm³/mol. The molecule has 2 heterocycles. The van der Waals surface area contributed by atoms with E-state index in [1.807, 2.05) is 36.4 Å². The van der Waals surface area contributed by atoms with Crippen LogP contribution < -0.4 is 9.50 Å². The minimum atomic E-state index is -4.00. The number of hydrogen-bond donors (Lipinski definition) is 1. The lowest BCUT2D eigenvalue weighted by Gasteiger charge is -2.11. The fourth-order valence-electron chi connectivity index (χ4n) is 3.56. The summed E-state index contributed by atoms with van der Waals surface area (Å²) in [5, 5.41) is 3.13. The van der Waals surface area contributed by atoms with E-state index in [2.05, 4.69) is 5.32 Å². The van der Waals surface area contributed by atoms with Crippen LogP contribution in [0.1, 0.15) is 18.2 Å². The molecule has 0 radical (unpaired) electrons. The van der Waals surface area contributed by atoms with Crippen LogP contribution in [0.2, 0.25) is 0 Å². The van der Waals surface area contributed by atoms with Crippen LogP contribution in [-0.4, -0.2) is 36.9 Å². The zero-order valence-electron chi connectivity index (χ0n) is 19.1. The summed E-state index contributed by atoms with van der Waals surface area (Å²) in [6, 6.07) is 18.8. The van der Waals surface area contributed by atoms with Crippen molar-refractivity contribution < 1.29 is 22.1 Å². The normalized spacial score (nSPS) is 11.4. The molecule has 0 aliphatic carbocycles. The second-order valence-electron chi connectivity index (χ2n) is 7.71. The molecule has 4 aromatic rings. The van der Waals surface area contributed by atoms with E-state index in [0.29, 0.717) is 22.7 Å². The second-order valence-corrected chi connectivity index (χ2v) is 9.25. The van der Waals surface area contributed by atoms with Gasteiger partial charge in [0.15, 0.2) is 0 Å². The Bertz CT molecular complexity index is 1440. The third-order valence-electron chi connectivity index (χ3n) is 5.17. The lowest BCUT2D eigenvalue weighted by atomic mass is 10.1. The van der Waals surface area contributed by atoms with Gasteiger partial charge in [-0.25, -0.2) is 4.98 Å². The number of hydrogen-bond acceptors (Lipinski definition) is 7. The molecule has 2 aromatic carbocycles. The standard InChI is InChI=1S/C25H25N3O5S/c1-4-32-23(29)16-26-25-24(27-22-10-5-7-18(3)28(22)25)19-8-6-9-20(15-19)33-34(30,31)21-13-11-17(2)12-14-21/h5-15,26H,4,16H2,1-3H3. The van der Waals surface area contributed by atoms with Gasteiger partial charge in [0.05, 0.1) is 6.61 Å². The van der Waals surface area contributed by atoms with Gasteiger partial charge in [-0.1, -0.05) is 35.9 Å². The molecule has 2 aromatic heterocycles. The quantitative estimate of drug-likeness (QED) is 0.296. The Morgan fingerprint density at radius 1 is 1.03 bits per heavy atom. The van der Waals surface area contributed by atoms with Gasteiger partial charge in [0.25, 0.3) is 0 Å². The predicted octanol–water partition coefficient (Wildman–Crippen LogP) is 4.36. The summed E-state index contributed by atoms with van der Waals surface area (Å²) in [5.74, 6) is 0.362. The Hall–Kier alpha value is -3.85. The summed E-state index contributed by atoms with van der Waals surface area (Å²) in [6.07, 6.45) is 0. The first-order valence-electron chi connectivity index (χ1n) is 10.8. The molecule has 176 valence electrons. The van der Waals surface area contributed by atoms with E-state index in [0.717, 1.165) is 11.3 Å². The number of pyridine rings is 1. The summed E-state index contributed by atoms with van der Waals surface area (Å²) >= 11 is 0. The number of anilines is 1. The van der Waals surface area contributed by atoms with Gasteiger partial charge >= 0.3 is 16.1 Å². The molecule has 0 aliphatic heterocycles. The Balaban J connectivity index is 1.71. The first-order valence-corrected chi connectivity index (χ1v) is 12.2. The highest BCUT2D eigenvalue weighted by atomic mass is 32.2. The van der Waals surface area contributed by atoms with Crippen molar-refractivity contribution in [1.82, 2.24) is 9.38 Å². The molecule has 0 aliphatic rings. The average molecular weight is 480 g/mol. The molecule has 0 fully saturated rings. The van der Waals surface area contributed by atoms with Crippen molar-refractivity contribution >= 4 is 27.6 Å². The van der Waals surface area contributed by atoms with E-state index < -0.39 is 16.1 Å². The molecule has 0 saturated heterocycles. The van der Waals surface area contributed by atoms with Crippen molar-refractivity contribution in [2.45, 2.75) is 25.7 Å². The summed E-state index contributed by atoms with van der Waals surface area (Å²) in [7, 11) is -4.00. The first kappa shape index (κ1) is 23.3. The van der Waals surface area contributed by atoms with Crippen LogP contribution in [0, 0.1) is 13.8 Å². The third kappa shape index (κ3) is 4.89. The lowest BCUT2D eigenvalue weighted by Crippen LogP contribution is -2.18. The number of aryl methyl sites for hydroxylation is 2. The van der Waals surface area contributed by atoms with Gasteiger partial charge in [0, 0.05) is 11.3 Å². The van der Waals surface area contributed by atoms with Crippen LogP contribution in [-0.2, 0) is 19.6 Å². The summed E-state index contributed by atoms with van der Waals surface area (Å²) in [4.78, 5) is 16.8. The Labute approximate surface area is 198 Å². The molecule has 0 bridgehead atoms. The number of nitrogens with zero attached hydrogens (tertiary/aromatic N) is 2. The van der Waals surface area contributed by atoms with E-state index in [1.54, 1.807) is 43.3 Å². The molecule has 0 atom stereocenters. The van der Waals surface area contributed by atoms with E-state index in [1.165, 1.54) is 12.1 Å². The number of fused-ring (bicyclic) bond motifs is 1. The third-order valence-corrected chi connectivity index (χ3v) is 6.43. The molecule has 1 N–H and O–H groups in total. The van der Waals surface area contributed by atoms with Crippen LogP contribution in [0.25, 0.3) is 16.9 Å². The van der Waals surface area contributed by atoms with Gasteiger partial charge in [-0.3, -0.25) is 9.20 Å². The maximum absolute atomic E-state index is 12.7. The SMILES string of the molecule is CCOC(=O)CNc1c(-c2cccc(OS(=O)(=O)c3ccc(C)cc3)c2)nc2cccc(C)n12. The minimum absolute atomic E-state index is 0.0407. The molecule has 8 nitrogen and oxygen atoms in total. The zero-order chi connectivity index (χ0) is 24.3. The van der Waals surface area contributed by atoms with E-state index in [9.17, 15) is 13.2 Å². The Kier molecular flexibility index (Phi) is 6.56. The monoisotopic (exact) mass is 479 g/mol. The minimum Gasteiger partial charge on any atom is -0.465 e. The van der Waals surface area contributed by atoms with Gasteiger partial charge < -0.3 is 14.2 Å². The maximum Gasteiger partial charge on any atom is 0.339 e. The van der Waals surface area contributed by atoms with Crippen molar-refractivity contribution in [2.24, 2.45) is 0 Å². The number of carbonyl (C=O) groups excluding carboxylic acids is 1. The highest BCUT2D eigenvalue weighted by molar-refractivity contribution is 7.87. The number of rotatable bonds is 8. The van der Waals surface area contributed by atoms with Gasteiger partial charge in [-0.15, -0.1) is 0 Å². The molecule has 0 saturated carbocycles. The number of aromatic nitrogens is 2. The number of nitrogens with one attached hydrogen (secondary N) is 1. The molecular formula is C25H25N3O5S. The van der Waals surface area contributed by atoms with Crippen LogP contribution in [0.4, 0.5) is 5.82 Å². The molecule has 0 unspecified atom stereocenters. The Morgan fingerprint density at radius 3 is 2.50 bits per heavy atom. The van der Waals surface area contributed by atoms with Gasteiger partial charge in [-0.2, -0.15) is 8.42 Å². The fraction of sp³-hybridized carbons (Fsp3) is 0.200. The van der Waals surface area contributed by atoms with Gasteiger partial charge in [-0.05, 0) is 57.2 Å². The molecule has 0 amide bonds.